The third kappa shape index (κ3) is 4.16. The first-order valence-corrected chi connectivity index (χ1v) is 22.2. The van der Waals surface area contributed by atoms with Gasteiger partial charge in [-0.3, -0.25) is 8.47 Å². The van der Waals surface area contributed by atoms with Crippen LogP contribution < -0.4 is 11.0 Å². The van der Waals surface area contributed by atoms with Crippen LogP contribution in [0.15, 0.2) is 127 Å². The number of para-hydroxylation sites is 8. The number of rotatable bonds is 0. The number of hydrogen-bond acceptors (Lipinski definition) is 14. The fourth-order valence-electron chi connectivity index (χ4n) is 8.02. The highest BCUT2D eigenvalue weighted by Gasteiger charge is 2.47. The highest BCUT2D eigenvalue weighted by atomic mass is 35.7. The molecule has 10 heterocycles. The van der Waals surface area contributed by atoms with Crippen molar-refractivity contribution in [3.63, 3.8) is 0 Å². The Hall–Kier alpha value is -7.60. The van der Waals surface area contributed by atoms with E-state index in [0.717, 1.165) is 0 Å². The van der Waals surface area contributed by atoms with Crippen LogP contribution in [0.25, 0.3) is 66.2 Å². The molecule has 6 aromatic heterocycles. The van der Waals surface area contributed by atoms with Crippen molar-refractivity contribution in [3.05, 3.63) is 131 Å². The van der Waals surface area contributed by atoms with E-state index in [1.807, 2.05) is 97.1 Å². The van der Waals surface area contributed by atoms with Gasteiger partial charge in [-0.2, -0.15) is 0 Å². The van der Waals surface area contributed by atoms with Gasteiger partial charge in [-0.05, 0) is 48.5 Å². The second-order valence-corrected chi connectivity index (χ2v) is 19.7. The van der Waals surface area contributed by atoms with Gasteiger partial charge < -0.3 is 0 Å². The number of benzene rings is 4. The normalized spacial score (nSPS) is 18.7. The number of amidine groups is 4. The van der Waals surface area contributed by atoms with Gasteiger partial charge in [0.1, 0.15) is 44.8 Å². The highest BCUT2D eigenvalue weighted by molar-refractivity contribution is 7.44. The standard InChI is InChI=1S/C40H16Cl2N16Si/c41-59(42)57-37-29-30(48-22-14-6-5-13-21(22)47-29)39(57)55-35-27-28(46-20-12-4-3-11-19(20)45-27)36(52-35)56-40-32-31(49-23-15-7-8-16-24(23)50-32)38(58(40)59)54-34-26-25(33(51-34)53-37)43-17-9-1-2-10-18(17)44-26/h1-16H/b53-33-,53-37?,54-34?,54-38-,55-35-,55-39?,56-36?,56-40-. The second-order valence-electron chi connectivity index (χ2n) is 14.1. The summed E-state index contributed by atoms with van der Waals surface area (Å²) < 4.78 is 3.35. The summed E-state index contributed by atoms with van der Waals surface area (Å²) >= 11 is 16.1. The molecule has 0 radical (unpaired) electrons. The van der Waals surface area contributed by atoms with Crippen molar-refractivity contribution in [2.75, 3.05) is 0 Å². The average Bonchev–Trinajstić information content (AvgIpc) is 3.95. The summed E-state index contributed by atoms with van der Waals surface area (Å²) in [5.41, 5.74) is 8.72. The van der Waals surface area contributed by atoms with Crippen LogP contribution in [0, 0.1) is 0 Å². The summed E-state index contributed by atoms with van der Waals surface area (Å²) in [6.45, 7) is 0. The van der Waals surface area contributed by atoms with Gasteiger partial charge in [0.05, 0.1) is 44.1 Å². The third-order valence-corrected chi connectivity index (χ3v) is 14.6. The maximum atomic E-state index is 8.03. The number of aromatic nitrogens is 10. The van der Waals surface area contributed by atoms with Crippen LogP contribution in [0.1, 0.15) is 22.8 Å². The molecule has 4 aliphatic rings. The molecule has 6 bridgehead atoms. The summed E-state index contributed by atoms with van der Waals surface area (Å²) in [4.78, 5) is 71.5. The molecule has 274 valence electrons. The van der Waals surface area contributed by atoms with E-state index in [4.69, 9.17) is 92.0 Å². The maximum absolute atomic E-state index is 8.03. The molecule has 0 fully saturated rings. The topological polar surface area (TPSA) is 187 Å². The summed E-state index contributed by atoms with van der Waals surface area (Å²) in [5, 5.41) is 0. The minimum Gasteiger partial charge on any atom is -0.291 e. The Balaban J connectivity index is 1.25. The van der Waals surface area contributed by atoms with Crippen molar-refractivity contribution < 1.29 is 0 Å². The SMILES string of the molecule is Cl[Si]1(Cl)n2c3c4nc5ccccc5nc4c2/N=C2N=C(/N=c4/c5nc6ccccc6nc5/c(n41)=N/C1=NC(=N\3)/c3nc4ccccc4nc31)c1nc3ccccc3nc1\2. The molecule has 4 aliphatic heterocycles. The molecule has 0 atom stereocenters. The van der Waals surface area contributed by atoms with Crippen LogP contribution in [0.2, 0.25) is 0 Å². The fraction of sp³-hybridized carbons (Fsp3) is 0. The van der Waals surface area contributed by atoms with Crippen LogP contribution in [-0.4, -0.2) is 78.7 Å². The molecule has 0 N–H and O–H groups in total. The Kier molecular flexibility index (Phi) is 5.80. The molecular weight excluding hydrogens is 804 g/mol. The van der Waals surface area contributed by atoms with E-state index in [2.05, 4.69) is 0 Å². The lowest BCUT2D eigenvalue weighted by Crippen LogP contribution is -2.51. The van der Waals surface area contributed by atoms with Crippen LogP contribution in [0.5, 0.6) is 0 Å². The summed E-state index contributed by atoms with van der Waals surface area (Å²) in [6.07, 6.45) is 0. The third-order valence-electron chi connectivity index (χ3n) is 10.6. The van der Waals surface area contributed by atoms with Crippen molar-refractivity contribution in [2.24, 2.45) is 30.0 Å². The lowest BCUT2D eigenvalue weighted by molar-refractivity contribution is 0.968. The van der Waals surface area contributed by atoms with E-state index >= 15 is 0 Å². The molecule has 0 amide bonds. The zero-order valence-corrected chi connectivity index (χ0v) is 32.2. The zero-order valence-electron chi connectivity index (χ0n) is 29.6. The molecule has 59 heavy (non-hydrogen) atoms. The van der Waals surface area contributed by atoms with Gasteiger partial charge >= 0.3 is 7.02 Å². The number of halogens is 2. The maximum Gasteiger partial charge on any atom is 0.484 e. The van der Waals surface area contributed by atoms with Crippen LogP contribution in [-0.2, 0) is 0 Å². The van der Waals surface area contributed by atoms with Crippen molar-refractivity contribution in [1.29, 1.82) is 0 Å². The van der Waals surface area contributed by atoms with Crippen molar-refractivity contribution in [3.8, 4) is 0 Å². The Bertz CT molecular complexity index is 3720. The van der Waals surface area contributed by atoms with Crippen LogP contribution in [0.3, 0.4) is 0 Å². The smallest absolute Gasteiger partial charge is 0.291 e. The number of aliphatic imine (C=N–C) groups is 4. The molecule has 4 aromatic carbocycles. The van der Waals surface area contributed by atoms with Gasteiger partial charge in [0.25, 0.3) is 0 Å². The zero-order chi connectivity index (χ0) is 38.7. The van der Waals surface area contributed by atoms with Gasteiger partial charge in [0, 0.05) is 0 Å². The average molecular weight is 820 g/mol. The summed E-state index contributed by atoms with van der Waals surface area (Å²) in [5.74, 6) is 1.40. The van der Waals surface area contributed by atoms with E-state index < -0.39 is 7.02 Å². The van der Waals surface area contributed by atoms with E-state index in [0.29, 0.717) is 89.0 Å². The molecule has 0 spiro atoms. The molecule has 19 heteroatoms. The van der Waals surface area contributed by atoms with Crippen molar-refractivity contribution in [2.45, 2.75) is 0 Å². The minimum atomic E-state index is -4.34. The first kappa shape index (κ1) is 31.5. The number of hydrogen-bond donors (Lipinski definition) is 0. The molecule has 14 rings (SSSR count). The van der Waals surface area contributed by atoms with Gasteiger partial charge in [-0.15, -0.1) is 0 Å². The number of fused-ring (bicyclic) bond motifs is 18. The first-order valence-electron chi connectivity index (χ1n) is 18.3. The summed E-state index contributed by atoms with van der Waals surface area (Å²) in [7, 11) is -4.34. The Labute approximate surface area is 338 Å². The van der Waals surface area contributed by atoms with Crippen LogP contribution >= 0.6 is 22.2 Å². The van der Waals surface area contributed by atoms with Crippen molar-refractivity contribution >= 4 is 130 Å². The van der Waals surface area contributed by atoms with Gasteiger partial charge in [-0.1, -0.05) is 70.7 Å². The highest BCUT2D eigenvalue weighted by Crippen LogP contribution is 2.43. The van der Waals surface area contributed by atoms with E-state index in [1.165, 1.54) is 0 Å². The molecule has 16 nitrogen and oxygen atoms in total. The van der Waals surface area contributed by atoms with Gasteiger partial charge in [0.2, 0.25) is 0 Å². The fourth-order valence-corrected chi connectivity index (χ4v) is 11.8. The predicted molar refractivity (Wildman–Crippen MR) is 225 cm³/mol. The quantitative estimate of drug-likeness (QED) is 0.139. The molecule has 10 aromatic rings. The van der Waals surface area contributed by atoms with Gasteiger partial charge in [-0.25, -0.2) is 69.8 Å². The largest absolute Gasteiger partial charge is 0.484 e. The predicted octanol–water partition coefficient (Wildman–Crippen LogP) is 5.62. The van der Waals surface area contributed by atoms with E-state index in [-0.39, 0.29) is 46.0 Å². The lowest BCUT2D eigenvalue weighted by atomic mass is 10.2. The molecule has 0 saturated carbocycles. The molecule has 0 unspecified atom stereocenters. The first-order chi connectivity index (χ1) is 28.9. The molecule has 0 aliphatic carbocycles. The monoisotopic (exact) mass is 818 g/mol. The molecule has 0 saturated heterocycles. The number of nitrogens with zero attached hydrogens (tertiary/aromatic N) is 16. The minimum absolute atomic E-state index is 0.228. The molecular formula is C40H16Cl2N16Si. The van der Waals surface area contributed by atoms with E-state index in [9.17, 15) is 0 Å². The lowest BCUT2D eigenvalue weighted by Gasteiger charge is -2.23. The van der Waals surface area contributed by atoms with E-state index in [1.54, 1.807) is 8.47 Å². The second kappa shape index (κ2) is 10.9. The Morgan fingerprint density at radius 1 is 0.322 bits per heavy atom. The van der Waals surface area contributed by atoms with Crippen molar-refractivity contribution in [1.82, 2.24) is 48.3 Å². The Morgan fingerprint density at radius 2 is 0.610 bits per heavy atom. The van der Waals surface area contributed by atoms with Crippen LogP contribution in [0.4, 0.5) is 11.6 Å². The summed E-state index contributed by atoms with van der Waals surface area (Å²) in [6, 6.07) is 30.2. The van der Waals surface area contributed by atoms with Gasteiger partial charge in [0.15, 0.2) is 46.0 Å². The Morgan fingerprint density at radius 3 is 0.949 bits per heavy atom.